The van der Waals surface area contributed by atoms with Crippen LogP contribution in [0.25, 0.3) is 11.1 Å². The Labute approximate surface area is 114 Å². The molecule has 20 heavy (non-hydrogen) atoms. The molecule has 1 heterocycles. The Hall–Kier alpha value is -1.73. The fraction of sp³-hybridized carbons (Fsp3) is 0.0833. The van der Waals surface area contributed by atoms with Gasteiger partial charge in [0, 0.05) is 17.3 Å². The van der Waals surface area contributed by atoms with E-state index in [0.717, 1.165) is 12.3 Å². The molecule has 0 radical (unpaired) electrons. The van der Waals surface area contributed by atoms with Gasteiger partial charge in [-0.15, -0.1) is 0 Å². The molecule has 0 saturated heterocycles. The third kappa shape index (κ3) is 2.23. The first-order valence-electron chi connectivity index (χ1n) is 5.15. The third-order valence-electron chi connectivity index (χ3n) is 2.58. The molecule has 0 saturated carbocycles. The molecule has 0 bridgehead atoms. The maximum atomic E-state index is 13.6. The van der Waals surface area contributed by atoms with Gasteiger partial charge in [0.15, 0.2) is 23.3 Å². The van der Waals surface area contributed by atoms with E-state index >= 15 is 0 Å². The minimum Gasteiger partial charge on any atom is -0.392 e. The van der Waals surface area contributed by atoms with Crippen LogP contribution in [0.3, 0.4) is 0 Å². The lowest BCUT2D eigenvalue weighted by atomic mass is 10.0. The number of halogens is 6. The molecule has 8 heteroatoms. The van der Waals surface area contributed by atoms with Crippen molar-refractivity contribution in [2.75, 3.05) is 0 Å². The van der Waals surface area contributed by atoms with Crippen LogP contribution in [-0.4, -0.2) is 10.1 Å². The van der Waals surface area contributed by atoms with Gasteiger partial charge in [-0.2, -0.15) is 0 Å². The SMILES string of the molecule is OCc1cc(-c2c(F)c(F)c(F)c(F)c2F)cnc1Cl. The maximum Gasteiger partial charge on any atom is 0.200 e. The summed E-state index contributed by atoms with van der Waals surface area (Å²) in [7, 11) is 0. The lowest BCUT2D eigenvalue weighted by Gasteiger charge is -2.09. The van der Waals surface area contributed by atoms with E-state index < -0.39 is 41.3 Å². The summed E-state index contributed by atoms with van der Waals surface area (Å²) in [5.41, 5.74) is -1.51. The fourth-order valence-corrected chi connectivity index (χ4v) is 1.76. The molecule has 106 valence electrons. The number of aliphatic hydroxyl groups excluding tert-OH is 1. The quantitative estimate of drug-likeness (QED) is 0.398. The average molecular weight is 310 g/mol. The molecule has 1 aromatic heterocycles. The predicted molar refractivity (Wildman–Crippen MR) is 60.4 cm³/mol. The zero-order valence-electron chi connectivity index (χ0n) is 9.52. The summed E-state index contributed by atoms with van der Waals surface area (Å²) in [6.45, 7) is -0.602. The number of rotatable bonds is 2. The molecule has 0 fully saturated rings. The summed E-state index contributed by atoms with van der Waals surface area (Å²) in [4.78, 5) is 3.52. The van der Waals surface area contributed by atoms with E-state index in [1.54, 1.807) is 0 Å². The lowest BCUT2D eigenvalue weighted by Crippen LogP contribution is -2.04. The van der Waals surface area contributed by atoms with Gasteiger partial charge in [0.25, 0.3) is 0 Å². The molecule has 0 aliphatic rings. The predicted octanol–water partition coefficient (Wildman–Crippen LogP) is 3.59. The van der Waals surface area contributed by atoms with Crippen molar-refractivity contribution in [1.82, 2.24) is 4.98 Å². The van der Waals surface area contributed by atoms with Gasteiger partial charge in [0.1, 0.15) is 5.15 Å². The molecule has 0 atom stereocenters. The Balaban J connectivity index is 2.76. The maximum absolute atomic E-state index is 13.6. The van der Waals surface area contributed by atoms with Crippen LogP contribution in [-0.2, 0) is 6.61 Å². The first kappa shape index (κ1) is 14.7. The summed E-state index contributed by atoms with van der Waals surface area (Å²) in [5.74, 6) is -10.3. The van der Waals surface area contributed by atoms with Gasteiger partial charge in [-0.1, -0.05) is 11.6 Å². The Morgan fingerprint density at radius 3 is 1.95 bits per heavy atom. The number of hydrogen-bond donors (Lipinski definition) is 1. The van der Waals surface area contributed by atoms with E-state index in [0.29, 0.717) is 0 Å². The molecule has 0 unspecified atom stereocenters. The van der Waals surface area contributed by atoms with Crippen molar-refractivity contribution in [2.24, 2.45) is 0 Å². The van der Waals surface area contributed by atoms with Crippen LogP contribution < -0.4 is 0 Å². The Kier molecular flexibility index (Phi) is 3.92. The van der Waals surface area contributed by atoms with Gasteiger partial charge in [-0.25, -0.2) is 26.9 Å². The van der Waals surface area contributed by atoms with Crippen molar-refractivity contribution in [1.29, 1.82) is 0 Å². The zero-order chi connectivity index (χ0) is 15.0. The Morgan fingerprint density at radius 2 is 1.45 bits per heavy atom. The van der Waals surface area contributed by atoms with E-state index in [1.165, 1.54) is 0 Å². The van der Waals surface area contributed by atoms with Crippen LogP contribution in [0.15, 0.2) is 12.3 Å². The van der Waals surface area contributed by atoms with E-state index in [4.69, 9.17) is 16.7 Å². The van der Waals surface area contributed by atoms with Crippen LogP contribution in [0.5, 0.6) is 0 Å². The zero-order valence-corrected chi connectivity index (χ0v) is 10.3. The van der Waals surface area contributed by atoms with Crippen molar-refractivity contribution in [3.8, 4) is 11.1 Å². The summed E-state index contributed by atoms with van der Waals surface area (Å²) in [5, 5.41) is 8.82. The fourth-order valence-electron chi connectivity index (χ4n) is 1.60. The Bertz CT molecular complexity index is 663. The van der Waals surface area contributed by atoms with Gasteiger partial charge in [0.2, 0.25) is 5.82 Å². The Morgan fingerprint density at radius 1 is 0.950 bits per heavy atom. The van der Waals surface area contributed by atoms with Gasteiger partial charge in [-0.05, 0) is 6.07 Å². The highest BCUT2D eigenvalue weighted by Gasteiger charge is 2.27. The molecule has 2 aromatic rings. The van der Waals surface area contributed by atoms with E-state index in [9.17, 15) is 22.0 Å². The summed E-state index contributed by atoms with van der Waals surface area (Å²) < 4.78 is 66.3. The first-order chi connectivity index (χ1) is 9.38. The molecular weight excluding hydrogens is 305 g/mol. The van der Waals surface area contributed by atoms with Gasteiger partial charge in [0.05, 0.1) is 12.2 Å². The van der Waals surface area contributed by atoms with Crippen LogP contribution >= 0.6 is 11.6 Å². The lowest BCUT2D eigenvalue weighted by molar-refractivity contribution is 0.281. The highest BCUT2D eigenvalue weighted by molar-refractivity contribution is 6.30. The number of aliphatic hydroxyl groups is 1. The summed E-state index contributed by atoms with van der Waals surface area (Å²) in [6.07, 6.45) is 0.847. The smallest absolute Gasteiger partial charge is 0.200 e. The van der Waals surface area contributed by atoms with Gasteiger partial charge in [-0.3, -0.25) is 0 Å². The minimum absolute atomic E-state index is 0.00638. The van der Waals surface area contributed by atoms with Crippen LogP contribution in [0.2, 0.25) is 5.15 Å². The first-order valence-corrected chi connectivity index (χ1v) is 5.53. The molecule has 1 N–H and O–H groups in total. The van der Waals surface area contributed by atoms with Crippen molar-refractivity contribution < 1.29 is 27.1 Å². The molecule has 2 rings (SSSR count). The van der Waals surface area contributed by atoms with Crippen LogP contribution in [0.4, 0.5) is 22.0 Å². The van der Waals surface area contributed by atoms with Gasteiger partial charge >= 0.3 is 0 Å². The molecule has 1 aromatic carbocycles. The summed E-state index contributed by atoms with van der Waals surface area (Å²) >= 11 is 5.58. The molecule has 0 aliphatic heterocycles. The standard InChI is InChI=1S/C12H5ClF5NO/c13-12-5(3-20)1-4(2-19-12)6-7(14)9(16)11(18)10(17)8(6)15/h1-2,20H,3H2. The number of hydrogen-bond acceptors (Lipinski definition) is 2. The monoisotopic (exact) mass is 309 g/mol. The average Bonchev–Trinajstić information content (AvgIpc) is 2.45. The van der Waals surface area contributed by atoms with Crippen molar-refractivity contribution in [2.45, 2.75) is 6.61 Å². The second-order valence-electron chi connectivity index (χ2n) is 3.78. The molecule has 0 spiro atoms. The molecule has 0 aliphatic carbocycles. The van der Waals surface area contributed by atoms with Gasteiger partial charge < -0.3 is 5.11 Å². The van der Waals surface area contributed by atoms with E-state index in [1.807, 2.05) is 0 Å². The van der Waals surface area contributed by atoms with E-state index in [2.05, 4.69) is 4.98 Å². The minimum atomic E-state index is -2.24. The number of aromatic nitrogens is 1. The second kappa shape index (κ2) is 5.34. The number of benzene rings is 1. The normalized spacial score (nSPS) is 10.9. The molecular formula is C12H5ClF5NO. The van der Waals surface area contributed by atoms with Crippen LogP contribution in [0, 0.1) is 29.1 Å². The topological polar surface area (TPSA) is 33.1 Å². The highest BCUT2D eigenvalue weighted by atomic mass is 35.5. The van der Waals surface area contributed by atoms with Crippen LogP contribution in [0.1, 0.15) is 5.56 Å². The second-order valence-corrected chi connectivity index (χ2v) is 4.13. The molecule has 0 amide bonds. The highest BCUT2D eigenvalue weighted by Crippen LogP contribution is 2.32. The molecule has 2 nitrogen and oxygen atoms in total. The van der Waals surface area contributed by atoms with Crippen molar-refractivity contribution in [3.63, 3.8) is 0 Å². The third-order valence-corrected chi connectivity index (χ3v) is 2.92. The van der Waals surface area contributed by atoms with Crippen molar-refractivity contribution >= 4 is 11.6 Å². The van der Waals surface area contributed by atoms with Crippen molar-refractivity contribution in [3.05, 3.63) is 52.1 Å². The van der Waals surface area contributed by atoms with E-state index in [-0.39, 0.29) is 16.3 Å². The number of pyridine rings is 1. The summed E-state index contributed by atoms with van der Waals surface area (Å²) in [6, 6.07) is 0.994. The largest absolute Gasteiger partial charge is 0.392 e. The number of nitrogens with zero attached hydrogens (tertiary/aromatic N) is 1.